The zero-order valence-electron chi connectivity index (χ0n) is 10.4. The predicted molar refractivity (Wildman–Crippen MR) is 71.7 cm³/mol. The molecule has 0 atom stereocenters. The molecule has 2 heterocycles. The van der Waals surface area contributed by atoms with Crippen LogP contribution >= 0.6 is 11.6 Å². The van der Waals surface area contributed by atoms with Gasteiger partial charge < -0.3 is 15.5 Å². The quantitative estimate of drug-likeness (QED) is 0.872. The highest BCUT2D eigenvalue weighted by Gasteiger charge is 2.21. The van der Waals surface area contributed by atoms with Crippen molar-refractivity contribution in [2.24, 2.45) is 0 Å². The maximum atomic E-state index is 12.2. The molecule has 0 spiro atoms. The lowest BCUT2D eigenvalue weighted by Crippen LogP contribution is -2.48. The maximum Gasteiger partial charge on any atom is 0.255 e. The van der Waals surface area contributed by atoms with Crippen molar-refractivity contribution in [1.29, 1.82) is 0 Å². The first kappa shape index (κ1) is 13.1. The Hall–Kier alpha value is -1.33. The Morgan fingerprint density at radius 1 is 1.44 bits per heavy atom. The van der Waals surface area contributed by atoms with Crippen LogP contribution in [0, 0.1) is 0 Å². The minimum Gasteiger partial charge on any atom is -0.382 e. The topological polar surface area (TPSA) is 62.5 Å². The number of piperazine rings is 1. The lowest BCUT2D eigenvalue weighted by Gasteiger charge is -2.34. The van der Waals surface area contributed by atoms with Gasteiger partial charge in [0.15, 0.2) is 0 Å². The van der Waals surface area contributed by atoms with Crippen LogP contribution in [0.3, 0.4) is 0 Å². The molecule has 5 nitrogen and oxygen atoms in total. The third kappa shape index (κ3) is 2.73. The number of carbonyl (C=O) groups excluding carboxylic acids is 1. The molecule has 2 N–H and O–H groups in total. The number of likely N-dealkylation sites (N-methyl/N-ethyl adjacent to an activating group) is 1. The molecule has 1 amide bonds. The normalized spacial score (nSPS) is 16.9. The number of nitrogens with two attached hydrogens (primary N) is 1. The molecular formula is C12H17ClN4O. The van der Waals surface area contributed by atoms with Crippen LogP contribution < -0.4 is 5.73 Å². The van der Waals surface area contributed by atoms with E-state index in [-0.39, 0.29) is 11.7 Å². The van der Waals surface area contributed by atoms with Gasteiger partial charge in [0.2, 0.25) is 0 Å². The van der Waals surface area contributed by atoms with Crippen molar-refractivity contribution in [2.75, 3.05) is 38.5 Å². The molecule has 0 bridgehead atoms. The van der Waals surface area contributed by atoms with Gasteiger partial charge in [0.25, 0.3) is 5.91 Å². The van der Waals surface area contributed by atoms with Gasteiger partial charge in [0, 0.05) is 32.4 Å². The van der Waals surface area contributed by atoms with E-state index < -0.39 is 0 Å². The van der Waals surface area contributed by atoms with Crippen molar-refractivity contribution in [1.82, 2.24) is 14.8 Å². The molecule has 0 unspecified atom stereocenters. The summed E-state index contributed by atoms with van der Waals surface area (Å²) in [4.78, 5) is 20.3. The van der Waals surface area contributed by atoms with Crippen molar-refractivity contribution in [3.05, 3.63) is 22.8 Å². The van der Waals surface area contributed by atoms with E-state index in [4.69, 9.17) is 17.3 Å². The molecule has 0 aliphatic carbocycles. The number of amides is 1. The average molecular weight is 269 g/mol. The molecule has 0 aromatic carbocycles. The van der Waals surface area contributed by atoms with E-state index >= 15 is 0 Å². The average Bonchev–Trinajstić information content (AvgIpc) is 2.41. The van der Waals surface area contributed by atoms with Crippen LogP contribution in [0.25, 0.3) is 0 Å². The molecule has 18 heavy (non-hydrogen) atoms. The molecule has 1 aliphatic rings. The number of hydrogen-bond donors (Lipinski definition) is 1. The van der Waals surface area contributed by atoms with Crippen LogP contribution in [-0.2, 0) is 0 Å². The fraction of sp³-hybridized carbons (Fsp3) is 0.500. The summed E-state index contributed by atoms with van der Waals surface area (Å²) >= 11 is 5.88. The number of rotatable bonds is 2. The Balaban J connectivity index is 2.05. The fourth-order valence-corrected chi connectivity index (χ4v) is 2.18. The summed E-state index contributed by atoms with van der Waals surface area (Å²) in [5.74, 6) is 0.226. The summed E-state index contributed by atoms with van der Waals surface area (Å²) in [6.07, 6.45) is 1.48. The number of anilines is 1. The number of halogens is 1. The van der Waals surface area contributed by atoms with E-state index in [1.54, 1.807) is 6.07 Å². The van der Waals surface area contributed by atoms with Crippen LogP contribution in [0.1, 0.15) is 17.3 Å². The molecule has 6 heteroatoms. The zero-order valence-corrected chi connectivity index (χ0v) is 11.2. The lowest BCUT2D eigenvalue weighted by atomic mass is 10.2. The van der Waals surface area contributed by atoms with Crippen molar-refractivity contribution >= 4 is 23.3 Å². The number of carbonyl (C=O) groups is 1. The van der Waals surface area contributed by atoms with E-state index in [0.717, 1.165) is 32.7 Å². The van der Waals surface area contributed by atoms with Gasteiger partial charge in [0.1, 0.15) is 5.82 Å². The molecule has 1 fully saturated rings. The van der Waals surface area contributed by atoms with E-state index in [1.807, 2.05) is 4.90 Å². The summed E-state index contributed by atoms with van der Waals surface area (Å²) < 4.78 is 0. The summed E-state index contributed by atoms with van der Waals surface area (Å²) in [6.45, 7) is 6.47. The monoisotopic (exact) mass is 268 g/mol. The van der Waals surface area contributed by atoms with Crippen LogP contribution in [0.15, 0.2) is 12.3 Å². The SMILES string of the molecule is CCN1CCN(C(=O)c2cnc(N)c(Cl)c2)CC1. The summed E-state index contributed by atoms with van der Waals surface area (Å²) in [5.41, 5.74) is 6.03. The largest absolute Gasteiger partial charge is 0.382 e. The zero-order chi connectivity index (χ0) is 13.1. The molecule has 1 aromatic rings. The highest BCUT2D eigenvalue weighted by molar-refractivity contribution is 6.33. The van der Waals surface area contributed by atoms with Gasteiger partial charge in [-0.2, -0.15) is 0 Å². The number of aromatic nitrogens is 1. The Kier molecular flexibility index (Phi) is 4.04. The van der Waals surface area contributed by atoms with Crippen LogP contribution in [-0.4, -0.2) is 53.4 Å². The third-order valence-corrected chi connectivity index (χ3v) is 3.53. The predicted octanol–water partition coefficient (Wildman–Crippen LogP) is 1.09. The standard InChI is InChI=1S/C12H17ClN4O/c1-2-16-3-5-17(6-4-16)12(18)9-7-10(13)11(14)15-8-9/h7-8H,2-6H2,1H3,(H2,14,15). The summed E-state index contributed by atoms with van der Waals surface area (Å²) in [5, 5.41) is 0.327. The van der Waals surface area contributed by atoms with Gasteiger partial charge in [-0.15, -0.1) is 0 Å². The van der Waals surface area contributed by atoms with E-state index in [1.165, 1.54) is 6.20 Å². The Morgan fingerprint density at radius 3 is 2.67 bits per heavy atom. The van der Waals surface area contributed by atoms with Gasteiger partial charge in [-0.05, 0) is 12.6 Å². The molecule has 0 saturated carbocycles. The first-order valence-electron chi connectivity index (χ1n) is 6.04. The Labute approximate surface area is 112 Å². The Bertz CT molecular complexity index is 444. The van der Waals surface area contributed by atoms with E-state index in [9.17, 15) is 4.79 Å². The van der Waals surface area contributed by atoms with Crippen molar-refractivity contribution in [3.8, 4) is 0 Å². The molecule has 1 saturated heterocycles. The second kappa shape index (κ2) is 5.54. The van der Waals surface area contributed by atoms with Crippen LogP contribution in [0.5, 0.6) is 0 Å². The molecule has 1 aliphatic heterocycles. The first-order chi connectivity index (χ1) is 8.61. The van der Waals surface area contributed by atoms with Crippen molar-refractivity contribution in [2.45, 2.75) is 6.92 Å². The van der Waals surface area contributed by atoms with Crippen molar-refractivity contribution in [3.63, 3.8) is 0 Å². The lowest BCUT2D eigenvalue weighted by molar-refractivity contribution is 0.0643. The van der Waals surface area contributed by atoms with E-state index in [2.05, 4.69) is 16.8 Å². The van der Waals surface area contributed by atoms with Gasteiger partial charge in [-0.3, -0.25) is 4.79 Å². The first-order valence-corrected chi connectivity index (χ1v) is 6.42. The minimum absolute atomic E-state index is 0.0276. The summed E-state index contributed by atoms with van der Waals surface area (Å²) in [7, 11) is 0. The number of hydrogen-bond acceptors (Lipinski definition) is 4. The number of nitrogens with zero attached hydrogens (tertiary/aromatic N) is 3. The molecular weight excluding hydrogens is 252 g/mol. The Morgan fingerprint density at radius 2 is 2.11 bits per heavy atom. The number of nitrogen functional groups attached to an aromatic ring is 1. The van der Waals surface area contributed by atoms with Crippen LogP contribution in [0.2, 0.25) is 5.02 Å². The number of pyridine rings is 1. The molecule has 98 valence electrons. The highest BCUT2D eigenvalue weighted by atomic mass is 35.5. The van der Waals surface area contributed by atoms with Gasteiger partial charge in [-0.25, -0.2) is 4.98 Å². The second-order valence-electron chi connectivity index (χ2n) is 4.32. The third-order valence-electron chi connectivity index (χ3n) is 3.22. The molecule has 2 rings (SSSR count). The van der Waals surface area contributed by atoms with Crippen molar-refractivity contribution < 1.29 is 4.79 Å². The maximum absolute atomic E-state index is 12.2. The van der Waals surface area contributed by atoms with Gasteiger partial charge in [0.05, 0.1) is 10.6 Å². The smallest absolute Gasteiger partial charge is 0.255 e. The highest BCUT2D eigenvalue weighted by Crippen LogP contribution is 2.18. The molecule has 0 radical (unpaired) electrons. The van der Waals surface area contributed by atoms with Gasteiger partial charge >= 0.3 is 0 Å². The van der Waals surface area contributed by atoms with Crippen LogP contribution in [0.4, 0.5) is 5.82 Å². The molecule has 1 aromatic heterocycles. The fourth-order valence-electron chi connectivity index (χ4n) is 2.02. The van der Waals surface area contributed by atoms with E-state index in [0.29, 0.717) is 10.6 Å². The summed E-state index contributed by atoms with van der Waals surface area (Å²) in [6, 6.07) is 1.58. The minimum atomic E-state index is -0.0276. The second-order valence-corrected chi connectivity index (χ2v) is 4.72. The van der Waals surface area contributed by atoms with Gasteiger partial charge in [-0.1, -0.05) is 18.5 Å².